The molecule has 3 rings (SSSR count). The van der Waals surface area contributed by atoms with Gasteiger partial charge in [-0.3, -0.25) is 4.79 Å². The summed E-state index contributed by atoms with van der Waals surface area (Å²) < 4.78 is 1.77. The zero-order valence-electron chi connectivity index (χ0n) is 13.4. The lowest BCUT2D eigenvalue weighted by Crippen LogP contribution is -2.24. The molecule has 1 aromatic carbocycles. The van der Waals surface area contributed by atoms with E-state index in [-0.39, 0.29) is 16.3 Å². The number of rotatable bonds is 3. The van der Waals surface area contributed by atoms with E-state index >= 15 is 0 Å². The number of aromatic nitrogens is 6. The molecule has 23 heavy (non-hydrogen) atoms. The molecule has 0 aliphatic rings. The molecular formula is C15H18N6OS. The van der Waals surface area contributed by atoms with Crippen molar-refractivity contribution >= 4 is 22.7 Å². The second kappa shape index (κ2) is 5.77. The number of nitrogens with zero attached hydrogens (tertiary/aromatic N) is 5. The molecular weight excluding hydrogens is 312 g/mol. The van der Waals surface area contributed by atoms with Gasteiger partial charge >= 0.3 is 0 Å². The summed E-state index contributed by atoms with van der Waals surface area (Å²) in [6.07, 6.45) is 0. The van der Waals surface area contributed by atoms with Gasteiger partial charge in [-0.15, -0.1) is 5.10 Å². The molecule has 120 valence electrons. The fraction of sp³-hybridized carbons (Fsp3) is 0.400. The number of thioether (sulfide) groups is 1. The average Bonchev–Trinajstić information content (AvgIpc) is 2.95. The summed E-state index contributed by atoms with van der Waals surface area (Å²) in [5, 5.41) is 13.1. The van der Waals surface area contributed by atoms with E-state index in [1.165, 1.54) is 11.8 Å². The van der Waals surface area contributed by atoms with Crippen molar-refractivity contribution in [2.24, 2.45) is 0 Å². The molecule has 0 amide bonds. The van der Waals surface area contributed by atoms with Crippen molar-refractivity contribution in [3.63, 3.8) is 0 Å². The number of H-pyrrole nitrogens is 1. The lowest BCUT2D eigenvalue weighted by molar-refractivity contribution is 0.321. The van der Waals surface area contributed by atoms with Gasteiger partial charge in [-0.1, -0.05) is 23.9 Å². The highest BCUT2D eigenvalue weighted by Gasteiger charge is 2.23. The van der Waals surface area contributed by atoms with Gasteiger partial charge in [-0.25, -0.2) is 9.67 Å². The van der Waals surface area contributed by atoms with Crippen LogP contribution in [0.5, 0.6) is 0 Å². The third-order valence-electron chi connectivity index (χ3n) is 3.37. The number of hydrogen-bond donors (Lipinski definition) is 1. The Hall–Kier alpha value is -2.22. The smallest absolute Gasteiger partial charge is 0.258 e. The van der Waals surface area contributed by atoms with Crippen LogP contribution in [0, 0.1) is 0 Å². The first-order valence-electron chi connectivity index (χ1n) is 7.31. The molecule has 3 aromatic rings. The molecule has 2 aromatic heterocycles. The topological polar surface area (TPSA) is 89.3 Å². The molecule has 7 nitrogen and oxygen atoms in total. The van der Waals surface area contributed by atoms with Crippen molar-refractivity contribution in [1.82, 2.24) is 30.2 Å². The number of benzene rings is 1. The highest BCUT2D eigenvalue weighted by atomic mass is 32.2. The van der Waals surface area contributed by atoms with Gasteiger partial charge in [0.05, 0.1) is 21.7 Å². The molecule has 0 saturated heterocycles. The van der Waals surface area contributed by atoms with Crippen molar-refractivity contribution in [1.29, 1.82) is 0 Å². The summed E-state index contributed by atoms with van der Waals surface area (Å²) in [6.45, 7) is 8.08. The zero-order valence-corrected chi connectivity index (χ0v) is 14.3. The Morgan fingerprint density at radius 2 is 2.00 bits per heavy atom. The Bertz CT molecular complexity index is 895. The normalized spacial score (nSPS) is 13.4. The number of fused-ring (bicyclic) bond motifs is 1. The van der Waals surface area contributed by atoms with Crippen LogP contribution in [0.15, 0.2) is 34.2 Å². The molecule has 0 spiro atoms. The van der Waals surface area contributed by atoms with E-state index in [0.717, 1.165) is 0 Å². The summed E-state index contributed by atoms with van der Waals surface area (Å²) >= 11 is 1.47. The first kappa shape index (κ1) is 15.7. The van der Waals surface area contributed by atoms with Crippen molar-refractivity contribution in [2.45, 2.75) is 43.6 Å². The largest absolute Gasteiger partial charge is 0.309 e. The summed E-state index contributed by atoms with van der Waals surface area (Å²) in [4.78, 5) is 19.6. The molecule has 0 unspecified atom stereocenters. The summed E-state index contributed by atoms with van der Waals surface area (Å²) in [5.74, 6) is 0.613. The first-order valence-corrected chi connectivity index (χ1v) is 8.19. The van der Waals surface area contributed by atoms with Crippen LogP contribution in [0.3, 0.4) is 0 Å². The monoisotopic (exact) mass is 330 g/mol. The predicted molar refractivity (Wildman–Crippen MR) is 89.4 cm³/mol. The minimum absolute atomic E-state index is 0.0839. The summed E-state index contributed by atoms with van der Waals surface area (Å²) in [5.41, 5.74) is 0.345. The third kappa shape index (κ3) is 3.12. The summed E-state index contributed by atoms with van der Waals surface area (Å²) in [7, 11) is 0. The predicted octanol–water partition coefficient (Wildman–Crippen LogP) is 2.52. The van der Waals surface area contributed by atoms with Crippen molar-refractivity contribution in [3.8, 4) is 0 Å². The van der Waals surface area contributed by atoms with Gasteiger partial charge in [0.15, 0.2) is 0 Å². The van der Waals surface area contributed by atoms with Gasteiger partial charge in [-0.2, -0.15) is 0 Å². The van der Waals surface area contributed by atoms with Gasteiger partial charge in [0.1, 0.15) is 5.82 Å². The quantitative estimate of drug-likeness (QED) is 0.742. The van der Waals surface area contributed by atoms with Crippen LogP contribution in [0.2, 0.25) is 0 Å². The van der Waals surface area contributed by atoms with Gasteiger partial charge in [0, 0.05) is 0 Å². The van der Waals surface area contributed by atoms with Crippen LogP contribution < -0.4 is 5.56 Å². The van der Waals surface area contributed by atoms with Crippen LogP contribution >= 0.6 is 11.8 Å². The Morgan fingerprint density at radius 3 is 2.74 bits per heavy atom. The van der Waals surface area contributed by atoms with E-state index < -0.39 is 0 Å². The Morgan fingerprint density at radius 1 is 1.26 bits per heavy atom. The van der Waals surface area contributed by atoms with E-state index in [1.54, 1.807) is 10.7 Å². The highest BCUT2D eigenvalue weighted by Crippen LogP contribution is 2.33. The molecule has 0 saturated carbocycles. The Labute approximate surface area is 137 Å². The number of hydrogen-bond acceptors (Lipinski definition) is 6. The van der Waals surface area contributed by atoms with Gasteiger partial charge < -0.3 is 4.98 Å². The molecule has 0 radical (unpaired) electrons. The summed E-state index contributed by atoms with van der Waals surface area (Å²) in [6, 6.07) is 7.30. The average molecular weight is 330 g/mol. The molecule has 1 N–H and O–H groups in total. The third-order valence-corrected chi connectivity index (χ3v) is 4.42. The maximum atomic E-state index is 12.2. The van der Waals surface area contributed by atoms with Crippen LogP contribution in [0.4, 0.5) is 0 Å². The lowest BCUT2D eigenvalue weighted by atomic mass is 10.1. The molecule has 0 aliphatic carbocycles. The van der Waals surface area contributed by atoms with Crippen molar-refractivity contribution in [2.75, 3.05) is 0 Å². The molecule has 0 fully saturated rings. The van der Waals surface area contributed by atoms with E-state index in [0.29, 0.717) is 21.9 Å². The van der Waals surface area contributed by atoms with Crippen molar-refractivity contribution < 1.29 is 0 Å². The van der Waals surface area contributed by atoms with Crippen LogP contribution in [-0.4, -0.2) is 30.2 Å². The van der Waals surface area contributed by atoms with Crippen molar-refractivity contribution in [3.05, 3.63) is 40.4 Å². The van der Waals surface area contributed by atoms with E-state index in [2.05, 4.69) is 25.5 Å². The second-order valence-electron chi connectivity index (χ2n) is 6.27. The maximum absolute atomic E-state index is 12.2. The molecule has 2 heterocycles. The number of para-hydroxylation sites is 1. The fourth-order valence-electron chi connectivity index (χ4n) is 2.18. The van der Waals surface area contributed by atoms with Crippen LogP contribution in [-0.2, 0) is 5.54 Å². The number of aromatic amines is 1. The number of tetrazole rings is 1. The molecule has 0 bridgehead atoms. The minimum Gasteiger partial charge on any atom is -0.309 e. The van der Waals surface area contributed by atoms with Gasteiger partial charge in [0.25, 0.3) is 5.56 Å². The molecule has 8 heteroatoms. The second-order valence-corrected chi connectivity index (χ2v) is 7.58. The highest BCUT2D eigenvalue weighted by molar-refractivity contribution is 7.99. The SMILES string of the molecule is C[C@H](Sc1nnnn1C(C)(C)C)c1nc2ccccc2c(=O)[nH]1. The van der Waals surface area contributed by atoms with Crippen LogP contribution in [0.25, 0.3) is 10.9 Å². The standard InChI is InChI=1S/C15H18N6OS/c1-9(23-14-18-19-20-21(14)15(2,3)4)12-16-11-8-6-5-7-10(11)13(22)17-12/h5-9H,1-4H3,(H,16,17,22)/t9-/m0/s1. The zero-order chi connectivity index (χ0) is 16.6. The lowest BCUT2D eigenvalue weighted by Gasteiger charge is -2.20. The first-order chi connectivity index (χ1) is 10.9. The van der Waals surface area contributed by atoms with Gasteiger partial charge in [-0.05, 0) is 50.3 Å². The Balaban J connectivity index is 1.94. The van der Waals surface area contributed by atoms with E-state index in [4.69, 9.17) is 0 Å². The fourth-order valence-corrected chi connectivity index (χ4v) is 3.22. The molecule has 1 atom stereocenters. The van der Waals surface area contributed by atoms with Gasteiger partial charge in [0.2, 0.25) is 5.16 Å². The number of nitrogens with one attached hydrogen (secondary N) is 1. The Kier molecular flexibility index (Phi) is 3.93. The minimum atomic E-state index is -0.213. The van der Waals surface area contributed by atoms with E-state index in [1.807, 2.05) is 45.9 Å². The molecule has 0 aliphatic heterocycles. The van der Waals surface area contributed by atoms with E-state index in [9.17, 15) is 4.79 Å². The van der Waals surface area contributed by atoms with Crippen LogP contribution in [0.1, 0.15) is 38.8 Å². The maximum Gasteiger partial charge on any atom is 0.258 e.